The van der Waals surface area contributed by atoms with Crippen LogP contribution in [0.25, 0.3) is 11.1 Å². The van der Waals surface area contributed by atoms with Crippen molar-refractivity contribution in [3.8, 4) is 16.9 Å². The van der Waals surface area contributed by atoms with Crippen molar-refractivity contribution in [2.24, 2.45) is 5.92 Å². The average molecular weight is 339 g/mol. The lowest BCUT2D eigenvalue weighted by molar-refractivity contribution is -0.142. The molecule has 1 unspecified atom stereocenters. The van der Waals surface area contributed by atoms with Gasteiger partial charge >= 0.3 is 5.97 Å². The molecular formula is C20H21NO4. The predicted octanol–water partition coefficient (Wildman–Crippen LogP) is 3.10. The normalized spacial score (nSPS) is 14.6. The van der Waals surface area contributed by atoms with E-state index in [2.05, 4.69) is 5.32 Å². The Labute approximate surface area is 146 Å². The number of hydrogen-bond acceptors (Lipinski definition) is 3. The molecule has 1 saturated carbocycles. The second-order valence-electron chi connectivity index (χ2n) is 6.29. The Bertz CT molecular complexity index is 740. The summed E-state index contributed by atoms with van der Waals surface area (Å²) in [5, 5.41) is 11.8. The van der Waals surface area contributed by atoms with Crippen LogP contribution < -0.4 is 10.1 Å². The molecule has 1 aliphatic rings. The number of carbonyl (C=O) groups excluding carboxylic acids is 1. The van der Waals surface area contributed by atoms with Crippen molar-refractivity contribution in [3.63, 3.8) is 0 Å². The van der Waals surface area contributed by atoms with Crippen LogP contribution in [0.1, 0.15) is 19.3 Å². The van der Waals surface area contributed by atoms with Gasteiger partial charge in [-0.25, -0.2) is 4.79 Å². The topological polar surface area (TPSA) is 75.6 Å². The number of carbonyl (C=O) groups is 2. The summed E-state index contributed by atoms with van der Waals surface area (Å²) >= 11 is 0. The quantitative estimate of drug-likeness (QED) is 0.775. The third-order valence-corrected chi connectivity index (χ3v) is 4.23. The van der Waals surface area contributed by atoms with Gasteiger partial charge in [-0.1, -0.05) is 61.4 Å². The summed E-state index contributed by atoms with van der Waals surface area (Å²) in [6.45, 7) is -0.210. The zero-order valence-corrected chi connectivity index (χ0v) is 13.9. The van der Waals surface area contributed by atoms with E-state index in [4.69, 9.17) is 4.74 Å². The van der Waals surface area contributed by atoms with Crippen LogP contribution in [0.5, 0.6) is 5.75 Å². The maximum atomic E-state index is 12.1. The van der Waals surface area contributed by atoms with E-state index in [1.807, 2.05) is 48.5 Å². The summed E-state index contributed by atoms with van der Waals surface area (Å²) in [6.07, 6.45) is 2.57. The molecule has 25 heavy (non-hydrogen) atoms. The maximum absolute atomic E-state index is 12.1. The van der Waals surface area contributed by atoms with E-state index in [-0.39, 0.29) is 6.61 Å². The van der Waals surface area contributed by atoms with Crippen molar-refractivity contribution in [2.75, 3.05) is 6.61 Å². The van der Waals surface area contributed by atoms with Gasteiger partial charge < -0.3 is 15.2 Å². The summed E-state index contributed by atoms with van der Waals surface area (Å²) < 4.78 is 5.65. The standard InChI is InChI=1S/C20H21NO4/c22-19(21-17(20(23)24)12-14-10-11-14)13-25-18-9-5-4-8-16(18)15-6-2-1-3-7-15/h1-9,14,17H,10-13H2,(H,21,22)(H,23,24). The van der Waals surface area contributed by atoms with Gasteiger partial charge in [0, 0.05) is 5.56 Å². The van der Waals surface area contributed by atoms with Gasteiger partial charge in [-0.3, -0.25) is 4.79 Å². The molecule has 2 aromatic rings. The number of rotatable bonds is 8. The number of para-hydroxylation sites is 1. The Morgan fingerprint density at radius 2 is 1.76 bits per heavy atom. The van der Waals surface area contributed by atoms with Crippen LogP contribution in [0, 0.1) is 5.92 Å². The van der Waals surface area contributed by atoms with Crippen LogP contribution in [0.3, 0.4) is 0 Å². The smallest absolute Gasteiger partial charge is 0.326 e. The van der Waals surface area contributed by atoms with Crippen molar-refractivity contribution in [3.05, 3.63) is 54.6 Å². The van der Waals surface area contributed by atoms with Crippen LogP contribution >= 0.6 is 0 Å². The fraction of sp³-hybridized carbons (Fsp3) is 0.300. The minimum Gasteiger partial charge on any atom is -0.483 e. The molecule has 1 atom stereocenters. The van der Waals surface area contributed by atoms with Gasteiger partial charge in [-0.05, 0) is 24.0 Å². The lowest BCUT2D eigenvalue weighted by Crippen LogP contribution is -2.43. The number of amides is 1. The van der Waals surface area contributed by atoms with E-state index in [1.165, 1.54) is 0 Å². The first-order chi connectivity index (χ1) is 12.1. The summed E-state index contributed by atoms with van der Waals surface area (Å²) in [5.41, 5.74) is 1.89. The van der Waals surface area contributed by atoms with E-state index in [9.17, 15) is 14.7 Å². The molecule has 1 fully saturated rings. The summed E-state index contributed by atoms with van der Waals surface area (Å²) in [4.78, 5) is 23.3. The second kappa shape index (κ2) is 7.83. The predicted molar refractivity (Wildman–Crippen MR) is 94.3 cm³/mol. The summed E-state index contributed by atoms with van der Waals surface area (Å²) in [7, 11) is 0. The van der Waals surface area contributed by atoms with Crippen LogP contribution in [-0.2, 0) is 9.59 Å². The maximum Gasteiger partial charge on any atom is 0.326 e. The first-order valence-electron chi connectivity index (χ1n) is 8.43. The molecule has 0 saturated heterocycles. The highest BCUT2D eigenvalue weighted by atomic mass is 16.5. The lowest BCUT2D eigenvalue weighted by atomic mass is 10.1. The van der Waals surface area contributed by atoms with Gasteiger partial charge in [0.2, 0.25) is 0 Å². The molecule has 0 aromatic heterocycles. The minimum absolute atomic E-state index is 0.210. The largest absolute Gasteiger partial charge is 0.483 e. The molecule has 0 bridgehead atoms. The van der Waals surface area contributed by atoms with Gasteiger partial charge in [-0.2, -0.15) is 0 Å². The van der Waals surface area contributed by atoms with E-state index < -0.39 is 17.9 Å². The Morgan fingerprint density at radius 3 is 2.44 bits per heavy atom. The zero-order valence-electron chi connectivity index (χ0n) is 13.9. The molecular weight excluding hydrogens is 318 g/mol. The number of nitrogens with one attached hydrogen (secondary N) is 1. The van der Waals surface area contributed by atoms with Crippen LogP contribution in [-0.4, -0.2) is 29.6 Å². The van der Waals surface area contributed by atoms with Gasteiger partial charge in [0.05, 0.1) is 0 Å². The fourth-order valence-corrected chi connectivity index (χ4v) is 2.74. The molecule has 0 aliphatic heterocycles. The molecule has 1 amide bonds. The van der Waals surface area contributed by atoms with Crippen LogP contribution in [0.15, 0.2) is 54.6 Å². The number of hydrogen-bond donors (Lipinski definition) is 2. The Morgan fingerprint density at radius 1 is 1.08 bits per heavy atom. The minimum atomic E-state index is -0.995. The van der Waals surface area contributed by atoms with Gasteiger partial charge in [0.25, 0.3) is 5.91 Å². The number of benzene rings is 2. The van der Waals surface area contributed by atoms with Gasteiger partial charge in [0.1, 0.15) is 11.8 Å². The molecule has 5 nitrogen and oxygen atoms in total. The Hall–Kier alpha value is -2.82. The first kappa shape index (κ1) is 17.0. The number of ether oxygens (including phenoxy) is 1. The molecule has 5 heteroatoms. The Kier molecular flexibility index (Phi) is 5.33. The zero-order chi connectivity index (χ0) is 17.6. The molecule has 0 heterocycles. The van der Waals surface area contributed by atoms with Crippen LogP contribution in [0.2, 0.25) is 0 Å². The third-order valence-electron chi connectivity index (χ3n) is 4.23. The SMILES string of the molecule is O=C(COc1ccccc1-c1ccccc1)NC(CC1CC1)C(=O)O. The monoisotopic (exact) mass is 339 g/mol. The highest BCUT2D eigenvalue weighted by molar-refractivity contribution is 5.84. The van der Waals surface area contributed by atoms with Crippen molar-refractivity contribution in [2.45, 2.75) is 25.3 Å². The summed E-state index contributed by atoms with van der Waals surface area (Å²) in [6, 6.07) is 16.4. The van der Waals surface area contributed by atoms with Gasteiger partial charge in [0.15, 0.2) is 6.61 Å². The van der Waals surface area contributed by atoms with E-state index in [0.717, 1.165) is 24.0 Å². The third kappa shape index (κ3) is 4.83. The molecule has 0 spiro atoms. The summed E-state index contributed by atoms with van der Waals surface area (Å²) in [5.74, 6) is -0.403. The molecule has 3 rings (SSSR count). The first-order valence-corrected chi connectivity index (χ1v) is 8.43. The van der Waals surface area contributed by atoms with Crippen molar-refractivity contribution in [1.29, 1.82) is 0 Å². The number of carboxylic acid groups (broad SMARTS) is 1. The van der Waals surface area contributed by atoms with Crippen LogP contribution in [0.4, 0.5) is 0 Å². The molecule has 2 aromatic carbocycles. The second-order valence-corrected chi connectivity index (χ2v) is 6.29. The number of aliphatic carboxylic acids is 1. The van der Waals surface area contributed by atoms with E-state index >= 15 is 0 Å². The highest BCUT2D eigenvalue weighted by Gasteiger charge is 2.30. The van der Waals surface area contributed by atoms with Crippen molar-refractivity contribution < 1.29 is 19.4 Å². The molecule has 1 aliphatic carbocycles. The fourth-order valence-electron chi connectivity index (χ4n) is 2.74. The highest BCUT2D eigenvalue weighted by Crippen LogP contribution is 2.33. The van der Waals surface area contributed by atoms with Crippen molar-refractivity contribution in [1.82, 2.24) is 5.32 Å². The molecule has 130 valence electrons. The average Bonchev–Trinajstić information content (AvgIpc) is 3.44. The molecule has 2 N–H and O–H groups in total. The van der Waals surface area contributed by atoms with Crippen molar-refractivity contribution >= 4 is 11.9 Å². The molecule has 0 radical (unpaired) electrons. The lowest BCUT2D eigenvalue weighted by Gasteiger charge is -2.15. The van der Waals surface area contributed by atoms with E-state index in [0.29, 0.717) is 18.1 Å². The van der Waals surface area contributed by atoms with Gasteiger partial charge in [-0.15, -0.1) is 0 Å². The Balaban J connectivity index is 1.61. The van der Waals surface area contributed by atoms with E-state index in [1.54, 1.807) is 6.07 Å². The number of carboxylic acids is 1.